The van der Waals surface area contributed by atoms with Crippen molar-refractivity contribution < 1.29 is 9.72 Å². The minimum absolute atomic E-state index is 0.0628. The number of rotatable bonds is 5. The molecule has 0 saturated heterocycles. The van der Waals surface area contributed by atoms with E-state index in [-0.39, 0.29) is 41.5 Å². The van der Waals surface area contributed by atoms with Crippen molar-refractivity contribution in [2.45, 2.75) is 13.0 Å². The number of hydrogen-bond acceptors (Lipinski definition) is 7. The number of carbonyl (C=O) groups is 1. The van der Waals surface area contributed by atoms with E-state index in [1.165, 1.54) is 36.9 Å². The standard InChI is InChI=1S/C17H16N8O5/c1-23-15-14(16(27)24(2)17(23)28)21-11(22-15)6-13(26)18-7-12-19-9-4-3-8(25(29)30)5-10(9)20-12/h3-5H,6-7H2,1-2H3,(H,18,26)(H,19,20)(H,21,22). The first kappa shape index (κ1) is 19.0. The fourth-order valence-electron chi connectivity index (χ4n) is 3.10. The van der Waals surface area contributed by atoms with Crippen LogP contribution >= 0.6 is 0 Å². The SMILES string of the molecule is Cn1c(=O)c2[nH]c(CC(=O)NCc3nc4ccc([N+](=O)[O-])cc4[nH]3)nc2n(C)c1=O. The summed E-state index contributed by atoms with van der Waals surface area (Å²) >= 11 is 0. The summed E-state index contributed by atoms with van der Waals surface area (Å²) in [6.45, 7) is 0.0712. The highest BCUT2D eigenvalue weighted by Crippen LogP contribution is 2.18. The third kappa shape index (κ3) is 3.21. The number of nitro benzene ring substituents is 1. The molecule has 3 aromatic heterocycles. The van der Waals surface area contributed by atoms with Crippen LogP contribution < -0.4 is 16.6 Å². The largest absolute Gasteiger partial charge is 0.348 e. The van der Waals surface area contributed by atoms with E-state index in [4.69, 9.17) is 0 Å². The van der Waals surface area contributed by atoms with Crippen LogP contribution in [0.25, 0.3) is 22.2 Å². The van der Waals surface area contributed by atoms with Crippen molar-refractivity contribution in [3.63, 3.8) is 0 Å². The van der Waals surface area contributed by atoms with Gasteiger partial charge in [-0.25, -0.2) is 14.8 Å². The number of carbonyl (C=O) groups excluding carboxylic acids is 1. The molecule has 13 nitrogen and oxygen atoms in total. The van der Waals surface area contributed by atoms with Crippen LogP contribution in [0.3, 0.4) is 0 Å². The average molecular weight is 412 g/mol. The lowest BCUT2D eigenvalue weighted by molar-refractivity contribution is -0.384. The summed E-state index contributed by atoms with van der Waals surface area (Å²) in [7, 11) is 2.85. The zero-order valence-electron chi connectivity index (χ0n) is 15.9. The van der Waals surface area contributed by atoms with Gasteiger partial charge in [-0.2, -0.15) is 0 Å². The van der Waals surface area contributed by atoms with E-state index in [0.29, 0.717) is 16.9 Å². The number of aryl methyl sites for hydroxylation is 1. The first-order chi connectivity index (χ1) is 14.2. The van der Waals surface area contributed by atoms with Crippen molar-refractivity contribution in [3.8, 4) is 0 Å². The number of aromatic amines is 2. The number of non-ortho nitro benzene ring substituents is 1. The molecule has 0 saturated carbocycles. The summed E-state index contributed by atoms with van der Waals surface area (Å²) < 4.78 is 2.18. The van der Waals surface area contributed by atoms with Crippen molar-refractivity contribution >= 4 is 33.8 Å². The Hall–Kier alpha value is -4.29. The number of benzene rings is 1. The Balaban J connectivity index is 1.49. The molecule has 4 aromatic rings. The number of imidazole rings is 2. The Morgan fingerprint density at radius 3 is 2.67 bits per heavy atom. The van der Waals surface area contributed by atoms with Crippen molar-refractivity contribution in [1.82, 2.24) is 34.4 Å². The second-order valence-electron chi connectivity index (χ2n) is 6.68. The molecule has 3 heterocycles. The van der Waals surface area contributed by atoms with E-state index in [2.05, 4.69) is 25.3 Å². The van der Waals surface area contributed by atoms with E-state index in [0.717, 1.165) is 4.57 Å². The van der Waals surface area contributed by atoms with Crippen LogP contribution in [0.5, 0.6) is 0 Å². The van der Waals surface area contributed by atoms with Crippen LogP contribution in [0, 0.1) is 10.1 Å². The summed E-state index contributed by atoms with van der Waals surface area (Å²) in [5.41, 5.74) is 0.239. The minimum atomic E-state index is -0.524. The van der Waals surface area contributed by atoms with Crippen molar-refractivity contribution in [1.29, 1.82) is 0 Å². The van der Waals surface area contributed by atoms with Crippen LogP contribution in [0.2, 0.25) is 0 Å². The third-order valence-corrected chi connectivity index (χ3v) is 4.65. The van der Waals surface area contributed by atoms with Gasteiger partial charge in [-0.3, -0.25) is 28.8 Å². The number of aromatic nitrogens is 6. The fraction of sp³-hybridized carbons (Fsp3) is 0.235. The Kier molecular flexibility index (Phi) is 4.41. The maximum absolute atomic E-state index is 12.3. The van der Waals surface area contributed by atoms with Crippen molar-refractivity contribution in [3.05, 3.63) is 60.8 Å². The highest BCUT2D eigenvalue weighted by Gasteiger charge is 2.16. The number of nitrogens with one attached hydrogen (secondary N) is 3. The fourth-order valence-corrected chi connectivity index (χ4v) is 3.10. The molecule has 13 heteroatoms. The molecule has 154 valence electrons. The van der Waals surface area contributed by atoms with E-state index in [9.17, 15) is 24.5 Å². The Morgan fingerprint density at radius 2 is 1.93 bits per heavy atom. The molecule has 0 aliphatic rings. The molecule has 3 N–H and O–H groups in total. The quantitative estimate of drug-likeness (QED) is 0.295. The lowest BCUT2D eigenvalue weighted by Crippen LogP contribution is -2.36. The number of nitro groups is 1. The zero-order chi connectivity index (χ0) is 21.6. The molecule has 0 aliphatic heterocycles. The molecule has 0 aliphatic carbocycles. The van der Waals surface area contributed by atoms with Gasteiger partial charge < -0.3 is 15.3 Å². The predicted molar refractivity (Wildman–Crippen MR) is 105 cm³/mol. The number of fused-ring (bicyclic) bond motifs is 2. The predicted octanol–water partition coefficient (Wildman–Crippen LogP) is -0.396. The normalized spacial score (nSPS) is 11.3. The molecular weight excluding hydrogens is 396 g/mol. The summed E-state index contributed by atoms with van der Waals surface area (Å²) in [4.78, 5) is 60.9. The molecule has 1 aromatic carbocycles. The van der Waals surface area contributed by atoms with Gasteiger partial charge in [-0.05, 0) is 6.07 Å². The van der Waals surface area contributed by atoms with E-state index >= 15 is 0 Å². The minimum Gasteiger partial charge on any atom is -0.348 e. The monoisotopic (exact) mass is 412 g/mol. The average Bonchev–Trinajstić information content (AvgIpc) is 3.32. The van der Waals surface area contributed by atoms with E-state index in [1.54, 1.807) is 0 Å². The molecule has 4 rings (SSSR count). The Morgan fingerprint density at radius 1 is 1.17 bits per heavy atom. The summed E-state index contributed by atoms with van der Waals surface area (Å²) in [5, 5.41) is 13.5. The zero-order valence-corrected chi connectivity index (χ0v) is 15.9. The third-order valence-electron chi connectivity index (χ3n) is 4.65. The van der Waals surface area contributed by atoms with Gasteiger partial charge in [-0.15, -0.1) is 0 Å². The molecule has 0 unspecified atom stereocenters. The molecule has 0 spiro atoms. The van der Waals surface area contributed by atoms with Gasteiger partial charge in [0.05, 0.1) is 28.9 Å². The Labute approximate surface area is 166 Å². The van der Waals surface area contributed by atoms with Gasteiger partial charge in [0, 0.05) is 26.2 Å². The molecular formula is C17H16N8O5. The first-order valence-corrected chi connectivity index (χ1v) is 8.79. The number of H-pyrrole nitrogens is 2. The maximum atomic E-state index is 12.3. The highest BCUT2D eigenvalue weighted by molar-refractivity contribution is 5.80. The van der Waals surface area contributed by atoms with Crippen molar-refractivity contribution in [2.24, 2.45) is 14.1 Å². The molecule has 1 amide bonds. The Bertz CT molecular complexity index is 1440. The second kappa shape index (κ2) is 6.95. The van der Waals surface area contributed by atoms with Gasteiger partial charge in [-0.1, -0.05) is 0 Å². The highest BCUT2D eigenvalue weighted by atomic mass is 16.6. The van der Waals surface area contributed by atoms with Gasteiger partial charge in [0.2, 0.25) is 5.91 Å². The van der Waals surface area contributed by atoms with Crippen LogP contribution in [0.1, 0.15) is 11.6 Å². The van der Waals surface area contributed by atoms with Crippen LogP contribution in [0.4, 0.5) is 5.69 Å². The molecule has 0 bridgehead atoms. The summed E-state index contributed by atoms with van der Waals surface area (Å²) in [5.74, 6) is 0.281. The van der Waals surface area contributed by atoms with Crippen LogP contribution in [-0.2, 0) is 31.9 Å². The molecule has 0 fully saturated rings. The van der Waals surface area contributed by atoms with E-state index in [1.807, 2.05) is 0 Å². The lowest BCUT2D eigenvalue weighted by atomic mass is 10.3. The van der Waals surface area contributed by atoms with Crippen LogP contribution in [-0.4, -0.2) is 39.9 Å². The van der Waals surface area contributed by atoms with Gasteiger partial charge in [0.1, 0.15) is 17.2 Å². The van der Waals surface area contributed by atoms with Crippen molar-refractivity contribution in [2.75, 3.05) is 0 Å². The topological polar surface area (TPSA) is 174 Å². The van der Waals surface area contributed by atoms with Gasteiger partial charge in [0.15, 0.2) is 5.65 Å². The van der Waals surface area contributed by atoms with Gasteiger partial charge >= 0.3 is 5.69 Å². The summed E-state index contributed by atoms with van der Waals surface area (Å²) in [6, 6.07) is 4.24. The lowest BCUT2D eigenvalue weighted by Gasteiger charge is -2.01. The smallest absolute Gasteiger partial charge is 0.332 e. The van der Waals surface area contributed by atoms with Gasteiger partial charge in [0.25, 0.3) is 11.2 Å². The molecule has 30 heavy (non-hydrogen) atoms. The molecule has 0 radical (unpaired) electrons. The first-order valence-electron chi connectivity index (χ1n) is 8.79. The number of nitrogens with zero attached hydrogens (tertiary/aromatic N) is 5. The maximum Gasteiger partial charge on any atom is 0.332 e. The number of hydrogen-bond donors (Lipinski definition) is 3. The second-order valence-corrected chi connectivity index (χ2v) is 6.68. The summed E-state index contributed by atoms with van der Waals surface area (Å²) in [6.07, 6.45) is -0.141. The number of amides is 1. The molecule has 0 atom stereocenters. The van der Waals surface area contributed by atoms with E-state index < -0.39 is 16.2 Å². The van der Waals surface area contributed by atoms with Crippen LogP contribution in [0.15, 0.2) is 27.8 Å².